The Morgan fingerprint density at radius 2 is 2.36 bits per heavy atom. The zero-order chi connectivity index (χ0) is 10.1. The van der Waals surface area contributed by atoms with E-state index >= 15 is 0 Å². The number of allylic oxidation sites excluding steroid dienone is 2. The Kier molecular flexibility index (Phi) is 2.59. The number of carbonyl (C=O) groups is 1. The third kappa shape index (κ3) is 1.69. The number of rotatable bonds is 3. The van der Waals surface area contributed by atoms with Gasteiger partial charge in [-0.1, -0.05) is 12.2 Å². The molecule has 1 saturated carbocycles. The number of hydrogen-bond donors (Lipinski definition) is 2. The normalized spacial score (nSPS) is 36.0. The van der Waals surface area contributed by atoms with Crippen molar-refractivity contribution in [1.82, 2.24) is 5.32 Å². The quantitative estimate of drug-likeness (QED) is 0.648. The molecule has 0 aromatic heterocycles. The van der Waals surface area contributed by atoms with Gasteiger partial charge in [0.25, 0.3) is 0 Å². The molecular formula is C11H18N2O. The number of hydrogen-bond acceptors (Lipinski definition) is 2. The van der Waals surface area contributed by atoms with Crippen LogP contribution in [-0.4, -0.2) is 18.5 Å². The van der Waals surface area contributed by atoms with Gasteiger partial charge in [0.15, 0.2) is 0 Å². The Labute approximate surface area is 84.7 Å². The monoisotopic (exact) mass is 194 g/mol. The van der Waals surface area contributed by atoms with E-state index in [-0.39, 0.29) is 17.9 Å². The highest BCUT2D eigenvalue weighted by atomic mass is 16.2. The van der Waals surface area contributed by atoms with E-state index in [0.29, 0.717) is 18.4 Å². The Bertz CT molecular complexity index is 262. The van der Waals surface area contributed by atoms with Gasteiger partial charge in [0.1, 0.15) is 0 Å². The fourth-order valence-electron chi connectivity index (χ4n) is 2.49. The molecule has 0 radical (unpaired) electrons. The zero-order valence-corrected chi connectivity index (χ0v) is 8.57. The third-order valence-electron chi connectivity index (χ3n) is 3.36. The topological polar surface area (TPSA) is 55.1 Å². The summed E-state index contributed by atoms with van der Waals surface area (Å²) in [5.74, 6) is 1.55. The van der Waals surface area contributed by atoms with Gasteiger partial charge in [0.2, 0.25) is 5.91 Å². The van der Waals surface area contributed by atoms with E-state index in [9.17, 15) is 4.79 Å². The van der Waals surface area contributed by atoms with Crippen LogP contribution in [0.5, 0.6) is 0 Å². The Balaban J connectivity index is 1.90. The summed E-state index contributed by atoms with van der Waals surface area (Å²) in [5, 5.41) is 2.96. The minimum absolute atomic E-state index is 0.102. The van der Waals surface area contributed by atoms with E-state index in [0.717, 1.165) is 6.42 Å². The summed E-state index contributed by atoms with van der Waals surface area (Å²) in [6, 6.07) is 0.102. The smallest absolute Gasteiger partial charge is 0.223 e. The average molecular weight is 194 g/mol. The highest BCUT2D eigenvalue weighted by Crippen LogP contribution is 2.43. The van der Waals surface area contributed by atoms with Gasteiger partial charge in [0, 0.05) is 18.5 Å². The van der Waals surface area contributed by atoms with Gasteiger partial charge < -0.3 is 11.1 Å². The minimum Gasteiger partial charge on any atom is -0.352 e. The van der Waals surface area contributed by atoms with Crippen LogP contribution in [0.2, 0.25) is 0 Å². The molecule has 0 heterocycles. The molecule has 3 N–H and O–H groups in total. The fourth-order valence-corrected chi connectivity index (χ4v) is 2.49. The predicted octanol–water partition coefficient (Wildman–Crippen LogP) is 0.662. The molecule has 78 valence electrons. The maximum absolute atomic E-state index is 11.8. The van der Waals surface area contributed by atoms with Crippen molar-refractivity contribution >= 4 is 5.91 Å². The van der Waals surface area contributed by atoms with Gasteiger partial charge in [-0.25, -0.2) is 0 Å². The first kappa shape index (κ1) is 9.71. The van der Waals surface area contributed by atoms with Crippen LogP contribution in [-0.2, 0) is 4.79 Å². The first-order valence-electron chi connectivity index (χ1n) is 5.39. The van der Waals surface area contributed by atoms with Crippen molar-refractivity contribution in [2.75, 3.05) is 6.54 Å². The summed E-state index contributed by atoms with van der Waals surface area (Å²) in [4.78, 5) is 11.8. The Morgan fingerprint density at radius 1 is 1.57 bits per heavy atom. The Hall–Kier alpha value is -0.830. The third-order valence-corrected chi connectivity index (χ3v) is 3.36. The van der Waals surface area contributed by atoms with Crippen LogP contribution in [0, 0.1) is 17.8 Å². The molecule has 3 heteroatoms. The number of nitrogens with one attached hydrogen (secondary N) is 1. The number of fused-ring (bicyclic) bond motifs is 2. The van der Waals surface area contributed by atoms with Gasteiger partial charge in [0.05, 0.1) is 0 Å². The second-order valence-electron chi connectivity index (χ2n) is 4.53. The Morgan fingerprint density at radius 3 is 2.86 bits per heavy atom. The van der Waals surface area contributed by atoms with Crippen LogP contribution >= 0.6 is 0 Å². The van der Waals surface area contributed by atoms with Crippen LogP contribution in [0.25, 0.3) is 0 Å². The molecule has 1 amide bonds. The van der Waals surface area contributed by atoms with Crippen molar-refractivity contribution in [1.29, 1.82) is 0 Å². The average Bonchev–Trinajstić information content (AvgIpc) is 2.78. The lowest BCUT2D eigenvalue weighted by Crippen LogP contribution is -2.42. The van der Waals surface area contributed by atoms with Crippen LogP contribution in [0.4, 0.5) is 0 Å². The predicted molar refractivity (Wildman–Crippen MR) is 55.5 cm³/mol. The molecule has 1 fully saturated rings. The first-order valence-corrected chi connectivity index (χ1v) is 5.39. The molecule has 0 spiro atoms. The lowest BCUT2D eigenvalue weighted by atomic mass is 9.92. The highest BCUT2D eigenvalue weighted by Gasteiger charge is 2.39. The van der Waals surface area contributed by atoms with Crippen molar-refractivity contribution in [2.24, 2.45) is 23.5 Å². The molecule has 0 aromatic rings. The summed E-state index contributed by atoms with van der Waals surface area (Å²) < 4.78 is 0. The molecule has 0 aliphatic heterocycles. The largest absolute Gasteiger partial charge is 0.352 e. The molecule has 2 aliphatic carbocycles. The van der Waals surface area contributed by atoms with E-state index < -0.39 is 0 Å². The molecule has 4 unspecified atom stereocenters. The van der Waals surface area contributed by atoms with Crippen molar-refractivity contribution in [2.45, 2.75) is 25.8 Å². The zero-order valence-electron chi connectivity index (χ0n) is 8.57. The fraction of sp³-hybridized carbons (Fsp3) is 0.727. The molecule has 0 saturated heterocycles. The van der Waals surface area contributed by atoms with Gasteiger partial charge in [-0.05, 0) is 31.6 Å². The van der Waals surface area contributed by atoms with E-state index in [2.05, 4.69) is 17.5 Å². The van der Waals surface area contributed by atoms with Gasteiger partial charge in [-0.15, -0.1) is 0 Å². The lowest BCUT2D eigenvalue weighted by molar-refractivity contribution is -0.126. The lowest BCUT2D eigenvalue weighted by Gasteiger charge is -2.20. The second-order valence-corrected chi connectivity index (χ2v) is 4.53. The van der Waals surface area contributed by atoms with Crippen molar-refractivity contribution < 1.29 is 4.79 Å². The van der Waals surface area contributed by atoms with Crippen molar-refractivity contribution in [3.63, 3.8) is 0 Å². The summed E-state index contributed by atoms with van der Waals surface area (Å²) in [5.41, 5.74) is 5.47. The maximum atomic E-state index is 11.8. The molecule has 2 rings (SSSR count). The molecule has 14 heavy (non-hydrogen) atoms. The van der Waals surface area contributed by atoms with Gasteiger partial charge in [-0.2, -0.15) is 0 Å². The SMILES string of the molecule is CC(CN)NC(=O)C1CC2C=CC1C2. The summed E-state index contributed by atoms with van der Waals surface area (Å²) in [7, 11) is 0. The van der Waals surface area contributed by atoms with Crippen molar-refractivity contribution in [3.8, 4) is 0 Å². The van der Waals surface area contributed by atoms with E-state index in [4.69, 9.17) is 5.73 Å². The molecule has 4 atom stereocenters. The molecule has 0 aromatic carbocycles. The highest BCUT2D eigenvalue weighted by molar-refractivity contribution is 5.80. The van der Waals surface area contributed by atoms with Gasteiger partial charge >= 0.3 is 0 Å². The van der Waals surface area contributed by atoms with E-state index in [1.807, 2.05) is 6.92 Å². The van der Waals surface area contributed by atoms with E-state index in [1.54, 1.807) is 0 Å². The van der Waals surface area contributed by atoms with Crippen LogP contribution in [0.3, 0.4) is 0 Å². The number of amides is 1. The second kappa shape index (κ2) is 3.73. The molecular weight excluding hydrogens is 176 g/mol. The molecule has 3 nitrogen and oxygen atoms in total. The van der Waals surface area contributed by atoms with Crippen LogP contribution in [0.15, 0.2) is 12.2 Å². The molecule has 2 aliphatic rings. The number of nitrogens with two attached hydrogens (primary N) is 1. The standard InChI is InChI=1S/C11H18N2O/c1-7(6-12)13-11(14)10-5-8-2-3-9(10)4-8/h2-3,7-10H,4-6,12H2,1H3,(H,13,14). The van der Waals surface area contributed by atoms with Crippen molar-refractivity contribution in [3.05, 3.63) is 12.2 Å². The first-order chi connectivity index (χ1) is 6.70. The summed E-state index contributed by atoms with van der Waals surface area (Å²) in [6.07, 6.45) is 6.66. The summed E-state index contributed by atoms with van der Waals surface area (Å²) in [6.45, 7) is 2.46. The molecule has 2 bridgehead atoms. The maximum Gasteiger partial charge on any atom is 0.223 e. The van der Waals surface area contributed by atoms with Gasteiger partial charge in [-0.3, -0.25) is 4.79 Å². The van der Waals surface area contributed by atoms with Crippen LogP contribution < -0.4 is 11.1 Å². The van der Waals surface area contributed by atoms with Crippen LogP contribution in [0.1, 0.15) is 19.8 Å². The summed E-state index contributed by atoms with van der Waals surface area (Å²) >= 11 is 0. The van der Waals surface area contributed by atoms with E-state index in [1.165, 1.54) is 6.42 Å². The number of carbonyl (C=O) groups excluding carboxylic acids is 1. The minimum atomic E-state index is 0.102.